The fourth-order valence-electron chi connectivity index (χ4n) is 0.409. The van der Waals surface area contributed by atoms with Gasteiger partial charge in [-0.3, -0.25) is 0 Å². The van der Waals surface area contributed by atoms with Gasteiger partial charge in [0.05, 0.1) is 9.93 Å². The van der Waals surface area contributed by atoms with Gasteiger partial charge in [-0.15, -0.1) is 0 Å². The van der Waals surface area contributed by atoms with Crippen molar-refractivity contribution >= 4 is 0 Å². The molecule has 10 nitrogen and oxygen atoms in total. The minimum absolute atomic E-state index is 0.931. The lowest BCUT2D eigenvalue weighted by atomic mass is 12.4. The van der Waals surface area contributed by atoms with Crippen LogP contribution in [0.5, 0.6) is 0 Å². The summed E-state index contributed by atoms with van der Waals surface area (Å²) in [7, 11) is 0. The summed E-state index contributed by atoms with van der Waals surface area (Å²) in [5.41, 5.74) is 0. The fraction of sp³-hybridized carbons (Fsp3) is 0. The topological polar surface area (TPSA) is 126 Å². The van der Waals surface area contributed by atoms with Crippen LogP contribution in [0, 0.1) is 0 Å². The average Bonchev–Trinajstić information content (AvgIpc) is 2.59. The van der Waals surface area contributed by atoms with Gasteiger partial charge in [0, 0.05) is 0 Å². The second-order valence-corrected chi connectivity index (χ2v) is 1.28. The normalized spacial score (nSPS) is 10.0. The molecule has 2 aromatic rings. The summed E-state index contributed by atoms with van der Waals surface area (Å²) in [5, 5.41) is 8.47. The highest BCUT2D eigenvalue weighted by Crippen LogP contribution is 1.79. The maximum absolute atomic E-state index is 4.51. The lowest BCUT2D eigenvalue weighted by molar-refractivity contribution is 0.0174. The minimum Gasteiger partial charge on any atom is -0.243 e. The molecule has 0 saturated carbocycles. The van der Waals surface area contributed by atoms with Crippen LogP contribution in [0.15, 0.2) is 18.5 Å². The summed E-state index contributed by atoms with van der Waals surface area (Å²) in [6, 6.07) is 0. The summed E-state index contributed by atoms with van der Waals surface area (Å²) in [4.78, 5) is 1.86. The van der Waals surface area contributed by atoms with Gasteiger partial charge < -0.3 is 0 Å². The van der Waals surface area contributed by atoms with E-state index in [1.165, 1.54) is 0 Å². The Morgan fingerprint density at radius 3 is 1.60 bits per heavy atom. The van der Waals surface area contributed by atoms with Crippen LogP contribution in [0.4, 0.5) is 0 Å². The Kier molecular flexibility index (Phi) is 0.847. The number of nitrogens with one attached hydrogen (secondary N) is 4. The van der Waals surface area contributed by atoms with Crippen molar-refractivity contribution in [2.24, 2.45) is 0 Å². The Balaban J connectivity index is 2.48. The smallest absolute Gasteiger partial charge is 0.0675 e. The van der Waals surface area contributed by atoms with Crippen LogP contribution in [0.2, 0.25) is 0 Å². The number of H-pyrrole nitrogens is 4. The molecule has 2 heterocycles. The van der Waals surface area contributed by atoms with Crippen molar-refractivity contribution in [1.29, 1.82) is 0 Å². The van der Waals surface area contributed by atoms with Crippen molar-refractivity contribution in [2.75, 3.05) is 0 Å². The lowest BCUT2D eigenvalue weighted by Gasteiger charge is -1.86. The van der Waals surface area contributed by atoms with Gasteiger partial charge in [-0.05, 0) is 10.7 Å². The Labute approximate surface area is 50.9 Å². The molecule has 58 valence electrons. The van der Waals surface area contributed by atoms with E-state index in [1.807, 2.05) is 10.7 Å². The van der Waals surface area contributed by atoms with Crippen molar-refractivity contribution in [3.63, 3.8) is 0 Å². The minimum atomic E-state index is 0.931. The van der Waals surface area contributed by atoms with E-state index < -0.39 is 0 Å². The van der Waals surface area contributed by atoms with Crippen LogP contribution in [0.3, 0.4) is 0 Å². The third-order valence-electron chi connectivity index (χ3n) is 0.743. The molecule has 0 aliphatic heterocycles. The molecule has 10 heavy (non-hydrogen) atoms. The summed E-state index contributed by atoms with van der Waals surface area (Å²) in [6.45, 7) is 0. The molecule has 0 unspecified atom stereocenters. The number of hydrogen-bond acceptors (Lipinski definition) is 4. The molecule has 10 heteroatoms. The van der Waals surface area contributed by atoms with Crippen molar-refractivity contribution in [2.45, 2.75) is 0 Å². The van der Waals surface area contributed by atoms with Gasteiger partial charge in [-0.1, -0.05) is 10.5 Å². The quantitative estimate of drug-likeness (QED) is 0.440. The molecule has 0 amide bonds. The van der Waals surface area contributed by atoms with E-state index in [0.29, 0.717) is 0 Å². The Morgan fingerprint density at radius 2 is 1.30 bits per heavy atom. The van der Waals surface area contributed by atoms with Crippen molar-refractivity contribution in [3.8, 4) is 0 Å². The van der Waals surface area contributed by atoms with E-state index in [-0.39, 0.29) is 0 Å². The molecule has 4 N–H and O–H groups in total. The SMILES string of the molecule is [nH]1o[nH]n(-n2[nH]o[nH]o2)o1. The van der Waals surface area contributed by atoms with E-state index in [4.69, 9.17) is 0 Å². The van der Waals surface area contributed by atoms with Crippen LogP contribution in [0.25, 0.3) is 0 Å². The van der Waals surface area contributed by atoms with Crippen LogP contribution in [0.1, 0.15) is 0 Å². The average molecular weight is 152 g/mol. The van der Waals surface area contributed by atoms with Gasteiger partial charge in [0.25, 0.3) is 0 Å². The second-order valence-electron chi connectivity index (χ2n) is 1.28. The van der Waals surface area contributed by atoms with Crippen LogP contribution >= 0.6 is 0 Å². The lowest BCUT2D eigenvalue weighted by Crippen LogP contribution is -2.09. The van der Waals surface area contributed by atoms with Crippen LogP contribution < -0.4 is 0 Å². The van der Waals surface area contributed by atoms with Gasteiger partial charge in [0.2, 0.25) is 0 Å². The predicted octanol–water partition coefficient (Wildman–Crippen LogP) is -0.466. The molecule has 0 aliphatic rings. The van der Waals surface area contributed by atoms with Gasteiger partial charge in [-0.25, -0.2) is 18.5 Å². The fourth-order valence-corrected chi connectivity index (χ4v) is 0.409. The predicted molar refractivity (Wildman–Crippen MR) is 21.4 cm³/mol. The first-order chi connectivity index (χ1) is 4.97. The molecule has 0 fully saturated rings. The number of hydrogen-bond donors (Lipinski definition) is 4. The highest BCUT2D eigenvalue weighted by Gasteiger charge is 1.94. The molecule has 2 aromatic heterocycles. The molecule has 0 bridgehead atoms. The molecule has 0 aromatic carbocycles. The number of aromatic amines is 4. The highest BCUT2D eigenvalue weighted by atomic mass is 16.9. The molecular formula is H4N6O4. The van der Waals surface area contributed by atoms with Crippen LogP contribution in [-0.2, 0) is 0 Å². The number of rotatable bonds is 1. The summed E-state index contributed by atoms with van der Waals surface area (Å²) >= 11 is 0. The first-order valence-electron chi connectivity index (χ1n) is 2.24. The van der Waals surface area contributed by atoms with Gasteiger partial charge >= 0.3 is 0 Å². The first kappa shape index (κ1) is 4.84. The van der Waals surface area contributed by atoms with E-state index in [9.17, 15) is 0 Å². The molecular weight excluding hydrogens is 148 g/mol. The number of nitrogens with zero attached hydrogens (tertiary/aromatic N) is 2. The molecule has 0 radical (unpaired) electrons. The largest absolute Gasteiger partial charge is 0.243 e. The van der Waals surface area contributed by atoms with E-state index >= 15 is 0 Å². The van der Waals surface area contributed by atoms with Crippen molar-refractivity contribution in [3.05, 3.63) is 0 Å². The monoisotopic (exact) mass is 152 g/mol. The summed E-state index contributed by atoms with van der Waals surface area (Å²) < 4.78 is 17.7. The zero-order valence-corrected chi connectivity index (χ0v) is 4.53. The molecule has 2 rings (SSSR count). The molecule has 0 atom stereocenters. The van der Waals surface area contributed by atoms with Gasteiger partial charge in [-0.2, -0.15) is 0 Å². The van der Waals surface area contributed by atoms with Crippen molar-refractivity contribution in [1.82, 2.24) is 31.1 Å². The Bertz CT molecular complexity index is 249. The van der Waals surface area contributed by atoms with E-state index in [2.05, 4.69) is 29.1 Å². The Morgan fingerprint density at radius 1 is 0.800 bits per heavy atom. The summed E-state index contributed by atoms with van der Waals surface area (Å²) in [5.74, 6) is 0. The zero-order valence-electron chi connectivity index (χ0n) is 4.53. The molecule has 0 aliphatic carbocycles. The van der Waals surface area contributed by atoms with Gasteiger partial charge in [0.15, 0.2) is 0 Å². The maximum Gasteiger partial charge on any atom is 0.0675 e. The van der Waals surface area contributed by atoms with E-state index in [0.717, 1.165) is 9.93 Å². The summed E-state index contributed by atoms with van der Waals surface area (Å²) in [6.07, 6.45) is 0. The first-order valence-corrected chi connectivity index (χ1v) is 2.24. The standard InChI is InChI=1S/H4N6O4/c1-5(9-3-7-1)6-2-8-4-10-6/h1-4H. The number of aromatic nitrogens is 6. The molecule has 0 saturated heterocycles. The van der Waals surface area contributed by atoms with E-state index in [1.54, 1.807) is 0 Å². The zero-order chi connectivity index (χ0) is 6.81. The Hall–Kier alpha value is -2.00. The van der Waals surface area contributed by atoms with Crippen molar-refractivity contribution < 1.29 is 18.5 Å². The maximum atomic E-state index is 4.51. The third-order valence-corrected chi connectivity index (χ3v) is 0.743. The molecule has 0 spiro atoms. The highest BCUT2D eigenvalue weighted by molar-refractivity contribution is 3.97. The third kappa shape index (κ3) is 0.586. The second kappa shape index (κ2) is 1.75. The van der Waals surface area contributed by atoms with Crippen LogP contribution in [-0.4, -0.2) is 31.1 Å². The van der Waals surface area contributed by atoms with Gasteiger partial charge in [0.1, 0.15) is 0 Å².